The maximum Gasteiger partial charge on any atom is 0.147 e. The van der Waals surface area contributed by atoms with E-state index in [2.05, 4.69) is 15.3 Å². The Labute approximate surface area is 166 Å². The SMILES string of the molecule is Oc1c([C@H](Nc2ccccn2)c2cccc(Cl)c2Cl)ccc2cccnc12. The van der Waals surface area contributed by atoms with Crippen molar-refractivity contribution in [3.05, 3.63) is 94.2 Å². The van der Waals surface area contributed by atoms with Gasteiger partial charge in [0, 0.05) is 23.3 Å². The molecule has 0 radical (unpaired) electrons. The van der Waals surface area contributed by atoms with Crippen molar-refractivity contribution in [3.8, 4) is 5.75 Å². The molecule has 4 aromatic rings. The minimum atomic E-state index is -0.461. The number of rotatable bonds is 4. The Morgan fingerprint density at radius 3 is 2.48 bits per heavy atom. The van der Waals surface area contributed by atoms with Crippen LogP contribution in [0.3, 0.4) is 0 Å². The molecule has 134 valence electrons. The first-order chi connectivity index (χ1) is 13.1. The molecule has 2 aromatic carbocycles. The summed E-state index contributed by atoms with van der Waals surface area (Å²) in [7, 11) is 0. The second-order valence-electron chi connectivity index (χ2n) is 6.01. The Bertz CT molecular complexity index is 1100. The number of aromatic nitrogens is 2. The predicted molar refractivity (Wildman–Crippen MR) is 110 cm³/mol. The highest BCUT2D eigenvalue weighted by molar-refractivity contribution is 6.42. The highest BCUT2D eigenvalue weighted by Gasteiger charge is 2.23. The van der Waals surface area contributed by atoms with E-state index in [1.165, 1.54) is 0 Å². The fourth-order valence-electron chi connectivity index (χ4n) is 3.04. The number of phenols is 1. The monoisotopic (exact) mass is 395 g/mol. The van der Waals surface area contributed by atoms with E-state index in [9.17, 15) is 5.11 Å². The molecule has 2 aromatic heterocycles. The number of hydrogen-bond acceptors (Lipinski definition) is 4. The number of fused-ring (bicyclic) bond motifs is 1. The molecule has 0 amide bonds. The fraction of sp³-hybridized carbons (Fsp3) is 0.0476. The van der Waals surface area contributed by atoms with Gasteiger partial charge >= 0.3 is 0 Å². The van der Waals surface area contributed by atoms with Crippen LogP contribution in [0.5, 0.6) is 5.75 Å². The number of nitrogens with one attached hydrogen (secondary N) is 1. The minimum absolute atomic E-state index is 0.0950. The number of aromatic hydroxyl groups is 1. The summed E-state index contributed by atoms with van der Waals surface area (Å²) >= 11 is 12.7. The van der Waals surface area contributed by atoms with Crippen molar-refractivity contribution < 1.29 is 5.11 Å². The quantitative estimate of drug-likeness (QED) is 0.455. The van der Waals surface area contributed by atoms with Crippen LogP contribution in [0.4, 0.5) is 5.82 Å². The molecule has 2 heterocycles. The van der Waals surface area contributed by atoms with Crippen molar-refractivity contribution in [2.75, 3.05) is 5.32 Å². The molecule has 0 spiro atoms. The molecule has 0 aliphatic heterocycles. The third kappa shape index (κ3) is 3.42. The number of hydrogen-bond donors (Lipinski definition) is 2. The standard InChI is InChI=1S/C21H15Cl2N3O/c22-16-7-3-6-14(18(16)23)20(26-17-8-1-2-11-24-17)15-10-9-13-5-4-12-25-19(13)21(15)27/h1-12,20,27H,(H,24,26)/t20-/m1/s1. The zero-order chi connectivity index (χ0) is 18.8. The van der Waals surface area contributed by atoms with Gasteiger partial charge in [-0.15, -0.1) is 0 Å². The molecule has 27 heavy (non-hydrogen) atoms. The molecule has 0 aliphatic carbocycles. The number of phenolic OH excluding ortho intramolecular Hbond substituents is 1. The molecule has 0 fully saturated rings. The third-order valence-corrected chi connectivity index (χ3v) is 5.17. The normalized spacial score (nSPS) is 12.1. The van der Waals surface area contributed by atoms with Crippen LogP contribution in [0.2, 0.25) is 10.0 Å². The lowest BCUT2D eigenvalue weighted by Gasteiger charge is -2.23. The summed E-state index contributed by atoms with van der Waals surface area (Å²) in [6.45, 7) is 0. The van der Waals surface area contributed by atoms with E-state index in [1.54, 1.807) is 18.5 Å². The Morgan fingerprint density at radius 1 is 0.815 bits per heavy atom. The van der Waals surface area contributed by atoms with Crippen LogP contribution in [0.1, 0.15) is 17.2 Å². The summed E-state index contributed by atoms with van der Waals surface area (Å²) in [5.74, 6) is 0.747. The van der Waals surface area contributed by atoms with Gasteiger partial charge in [-0.3, -0.25) is 4.98 Å². The van der Waals surface area contributed by atoms with E-state index < -0.39 is 6.04 Å². The summed E-state index contributed by atoms with van der Waals surface area (Å²) in [6.07, 6.45) is 3.35. The van der Waals surface area contributed by atoms with Gasteiger partial charge in [-0.2, -0.15) is 0 Å². The van der Waals surface area contributed by atoms with E-state index in [4.69, 9.17) is 23.2 Å². The molecule has 0 bridgehead atoms. The van der Waals surface area contributed by atoms with Gasteiger partial charge in [-0.1, -0.05) is 59.6 Å². The zero-order valence-electron chi connectivity index (χ0n) is 14.1. The second-order valence-corrected chi connectivity index (χ2v) is 6.80. The lowest BCUT2D eigenvalue weighted by molar-refractivity contribution is 0.471. The van der Waals surface area contributed by atoms with Crippen LogP contribution in [0.25, 0.3) is 10.9 Å². The maximum atomic E-state index is 10.9. The van der Waals surface area contributed by atoms with Gasteiger partial charge < -0.3 is 10.4 Å². The molecule has 0 saturated carbocycles. The lowest BCUT2D eigenvalue weighted by atomic mass is 9.96. The van der Waals surface area contributed by atoms with E-state index >= 15 is 0 Å². The van der Waals surface area contributed by atoms with E-state index in [-0.39, 0.29) is 5.75 Å². The van der Waals surface area contributed by atoms with Crippen LogP contribution in [0.15, 0.2) is 73.1 Å². The van der Waals surface area contributed by atoms with E-state index in [0.717, 1.165) is 10.9 Å². The Hall–Kier alpha value is -2.82. The topological polar surface area (TPSA) is 58.0 Å². The first-order valence-electron chi connectivity index (χ1n) is 8.33. The zero-order valence-corrected chi connectivity index (χ0v) is 15.6. The van der Waals surface area contributed by atoms with Gasteiger partial charge in [-0.25, -0.2) is 4.98 Å². The predicted octanol–water partition coefficient (Wildman–Crippen LogP) is 5.84. The summed E-state index contributed by atoms with van der Waals surface area (Å²) in [4.78, 5) is 8.64. The molecule has 2 N–H and O–H groups in total. The van der Waals surface area contributed by atoms with Crippen molar-refractivity contribution in [1.82, 2.24) is 9.97 Å². The molecule has 1 atom stereocenters. The minimum Gasteiger partial charge on any atom is -0.505 e. The fourth-order valence-corrected chi connectivity index (χ4v) is 3.46. The first-order valence-corrected chi connectivity index (χ1v) is 9.09. The summed E-state index contributed by atoms with van der Waals surface area (Å²) in [5, 5.41) is 16.0. The Balaban J connectivity index is 1.90. The van der Waals surface area contributed by atoms with Crippen LogP contribution in [-0.4, -0.2) is 15.1 Å². The van der Waals surface area contributed by atoms with Gasteiger partial charge in [0.1, 0.15) is 17.1 Å². The molecule has 4 nitrogen and oxygen atoms in total. The molecule has 4 rings (SSSR count). The van der Waals surface area contributed by atoms with Crippen molar-refractivity contribution >= 4 is 39.9 Å². The summed E-state index contributed by atoms with van der Waals surface area (Å²) in [5.41, 5.74) is 1.90. The number of nitrogens with zero attached hydrogens (tertiary/aromatic N) is 2. The maximum absolute atomic E-state index is 10.9. The molecule has 0 unspecified atom stereocenters. The molecular formula is C21H15Cl2N3O. The van der Waals surface area contributed by atoms with Crippen molar-refractivity contribution in [2.24, 2.45) is 0 Å². The van der Waals surface area contributed by atoms with Crippen LogP contribution < -0.4 is 5.32 Å². The molecular weight excluding hydrogens is 381 g/mol. The van der Waals surface area contributed by atoms with Gasteiger partial charge in [0.15, 0.2) is 0 Å². The number of pyridine rings is 2. The van der Waals surface area contributed by atoms with Crippen LogP contribution >= 0.6 is 23.2 Å². The Morgan fingerprint density at radius 2 is 1.67 bits per heavy atom. The summed E-state index contributed by atoms with van der Waals surface area (Å²) < 4.78 is 0. The average Bonchev–Trinajstić information content (AvgIpc) is 2.70. The van der Waals surface area contributed by atoms with Crippen LogP contribution in [-0.2, 0) is 0 Å². The number of benzene rings is 2. The van der Waals surface area contributed by atoms with Gasteiger partial charge in [-0.05, 0) is 29.8 Å². The van der Waals surface area contributed by atoms with Crippen molar-refractivity contribution in [2.45, 2.75) is 6.04 Å². The molecule has 0 aliphatic rings. The van der Waals surface area contributed by atoms with E-state index in [1.807, 2.05) is 54.6 Å². The van der Waals surface area contributed by atoms with Gasteiger partial charge in [0.2, 0.25) is 0 Å². The van der Waals surface area contributed by atoms with E-state index in [0.29, 0.717) is 26.9 Å². The van der Waals surface area contributed by atoms with Crippen molar-refractivity contribution in [1.29, 1.82) is 0 Å². The van der Waals surface area contributed by atoms with Crippen molar-refractivity contribution in [3.63, 3.8) is 0 Å². The second kappa shape index (κ2) is 7.43. The smallest absolute Gasteiger partial charge is 0.147 e. The van der Waals surface area contributed by atoms with Crippen LogP contribution in [0, 0.1) is 0 Å². The first kappa shape index (κ1) is 17.6. The number of halogens is 2. The lowest BCUT2D eigenvalue weighted by Crippen LogP contribution is -2.14. The largest absolute Gasteiger partial charge is 0.505 e. The Kier molecular flexibility index (Phi) is 4.84. The molecule has 0 saturated heterocycles. The third-order valence-electron chi connectivity index (χ3n) is 4.34. The van der Waals surface area contributed by atoms with Gasteiger partial charge in [0.25, 0.3) is 0 Å². The average molecular weight is 396 g/mol. The highest BCUT2D eigenvalue weighted by Crippen LogP contribution is 2.40. The highest BCUT2D eigenvalue weighted by atomic mass is 35.5. The molecule has 6 heteroatoms. The summed E-state index contributed by atoms with van der Waals surface area (Å²) in [6, 6.07) is 18.0. The van der Waals surface area contributed by atoms with Gasteiger partial charge in [0.05, 0.1) is 16.1 Å². The number of anilines is 1.